The first-order valence-electron chi connectivity index (χ1n) is 10.2. The summed E-state index contributed by atoms with van der Waals surface area (Å²) >= 11 is 0. The minimum Gasteiger partial charge on any atom is -0.497 e. The van der Waals surface area contributed by atoms with Crippen LogP contribution in [0.25, 0.3) is 10.9 Å². The van der Waals surface area contributed by atoms with Crippen LogP contribution >= 0.6 is 0 Å². The van der Waals surface area contributed by atoms with Crippen LogP contribution in [0.1, 0.15) is 39.5 Å². The first-order valence-corrected chi connectivity index (χ1v) is 10.2. The molecule has 1 N–H and O–H groups in total. The largest absolute Gasteiger partial charge is 0.497 e. The van der Waals surface area contributed by atoms with Gasteiger partial charge in [-0.25, -0.2) is 4.79 Å². The Morgan fingerprint density at radius 3 is 2.74 bits per heavy atom. The molecule has 1 aliphatic rings. The average Bonchev–Trinajstić information content (AvgIpc) is 3.22. The Balaban J connectivity index is 1.68. The van der Waals surface area contributed by atoms with Gasteiger partial charge in [0, 0.05) is 23.6 Å². The first kappa shape index (κ1) is 20.8. The molecule has 1 aromatic heterocycles. The molecule has 7 nitrogen and oxygen atoms in total. The Hall–Kier alpha value is -3.48. The Labute approximate surface area is 180 Å². The second-order valence-electron chi connectivity index (χ2n) is 7.62. The lowest BCUT2D eigenvalue weighted by atomic mass is 9.87. The molecule has 0 bridgehead atoms. The average molecular weight is 422 g/mol. The molecule has 1 atom stereocenters. The van der Waals surface area contributed by atoms with Gasteiger partial charge in [0.1, 0.15) is 17.1 Å². The van der Waals surface area contributed by atoms with Gasteiger partial charge in [-0.05, 0) is 66.3 Å². The third-order valence-corrected chi connectivity index (χ3v) is 6.06. The van der Waals surface area contributed by atoms with E-state index in [1.807, 2.05) is 41.4 Å². The van der Waals surface area contributed by atoms with Crippen molar-refractivity contribution in [2.24, 2.45) is 0 Å². The minimum absolute atomic E-state index is 0.133. The number of carbonyl (C=O) groups is 2. The van der Waals surface area contributed by atoms with Crippen molar-refractivity contribution in [3.63, 3.8) is 0 Å². The molecule has 0 radical (unpaired) electrons. The van der Waals surface area contributed by atoms with E-state index in [2.05, 4.69) is 4.98 Å². The van der Waals surface area contributed by atoms with E-state index in [1.165, 1.54) is 14.2 Å². The van der Waals surface area contributed by atoms with E-state index in [1.54, 1.807) is 7.11 Å². The first-order chi connectivity index (χ1) is 15.1. The highest BCUT2D eigenvalue weighted by Crippen LogP contribution is 2.37. The van der Waals surface area contributed by atoms with Gasteiger partial charge in [0.05, 0.1) is 27.4 Å². The van der Waals surface area contributed by atoms with E-state index in [-0.39, 0.29) is 6.04 Å². The lowest BCUT2D eigenvalue weighted by Crippen LogP contribution is -2.35. The molecule has 0 spiro atoms. The monoisotopic (exact) mass is 422 g/mol. The highest BCUT2D eigenvalue weighted by atomic mass is 16.5. The molecular formula is C24H26N2O5. The van der Waals surface area contributed by atoms with Gasteiger partial charge in [0.25, 0.3) is 0 Å². The summed E-state index contributed by atoms with van der Waals surface area (Å²) in [6.07, 6.45) is 5.11. The molecule has 0 aliphatic carbocycles. The van der Waals surface area contributed by atoms with Crippen LogP contribution in [0.3, 0.4) is 0 Å². The molecule has 4 rings (SSSR count). The van der Waals surface area contributed by atoms with E-state index in [0.29, 0.717) is 24.3 Å². The van der Waals surface area contributed by atoms with Gasteiger partial charge in [-0.3, -0.25) is 4.79 Å². The summed E-state index contributed by atoms with van der Waals surface area (Å²) in [5.41, 5.74) is 4.64. The van der Waals surface area contributed by atoms with E-state index < -0.39 is 5.97 Å². The van der Waals surface area contributed by atoms with Crippen LogP contribution in [0.15, 0.2) is 36.5 Å². The second-order valence-corrected chi connectivity index (χ2v) is 7.62. The number of rotatable bonds is 7. The van der Waals surface area contributed by atoms with Crippen LogP contribution in [-0.4, -0.2) is 50.1 Å². The number of benzene rings is 2. The van der Waals surface area contributed by atoms with Gasteiger partial charge < -0.3 is 24.1 Å². The second kappa shape index (κ2) is 8.71. The van der Waals surface area contributed by atoms with Crippen molar-refractivity contribution in [1.82, 2.24) is 9.88 Å². The summed E-state index contributed by atoms with van der Waals surface area (Å²) in [7, 11) is 4.54. The van der Waals surface area contributed by atoms with Crippen LogP contribution in [-0.2, 0) is 22.4 Å². The van der Waals surface area contributed by atoms with E-state index in [0.717, 1.165) is 52.6 Å². The number of hydrogen-bond donors (Lipinski definition) is 1. The molecule has 0 saturated carbocycles. The quantitative estimate of drug-likeness (QED) is 0.464. The number of carbonyl (C=O) groups excluding carboxylic acids is 2. The fourth-order valence-corrected chi connectivity index (χ4v) is 4.42. The summed E-state index contributed by atoms with van der Waals surface area (Å²) < 4.78 is 15.7. The van der Waals surface area contributed by atoms with Gasteiger partial charge in [0.15, 0.2) is 0 Å². The van der Waals surface area contributed by atoms with Gasteiger partial charge in [-0.15, -0.1) is 0 Å². The molecule has 1 aliphatic heterocycles. The van der Waals surface area contributed by atoms with Crippen LogP contribution in [0, 0.1) is 0 Å². The number of esters is 1. The predicted octanol–water partition coefficient (Wildman–Crippen LogP) is 3.66. The highest BCUT2D eigenvalue weighted by Gasteiger charge is 2.29. The van der Waals surface area contributed by atoms with E-state index in [4.69, 9.17) is 14.2 Å². The van der Waals surface area contributed by atoms with Crippen molar-refractivity contribution >= 4 is 23.3 Å². The summed E-state index contributed by atoms with van der Waals surface area (Å²) in [5, 5.41) is 1.11. The van der Waals surface area contributed by atoms with Gasteiger partial charge in [-0.2, -0.15) is 0 Å². The van der Waals surface area contributed by atoms with Crippen molar-refractivity contribution in [2.45, 2.75) is 25.3 Å². The number of ether oxygens (including phenoxy) is 3. The third kappa shape index (κ3) is 3.83. The normalized spacial score (nSPS) is 15.5. The molecule has 2 heterocycles. The molecule has 0 saturated heterocycles. The number of amides is 1. The number of aromatic amines is 1. The zero-order chi connectivity index (χ0) is 22.0. The fraction of sp³-hybridized carbons (Fsp3) is 0.333. The highest BCUT2D eigenvalue weighted by molar-refractivity contribution is 5.93. The zero-order valence-corrected chi connectivity index (χ0v) is 17.9. The SMILES string of the molecule is COC(=O)c1cc2c(cc1OC)CCN(C=O)[C@H]2CCc1c[nH]c2ccc(OC)cc12. The number of aromatic nitrogens is 1. The molecule has 0 fully saturated rings. The van der Waals surface area contributed by atoms with Gasteiger partial charge in [-0.1, -0.05) is 0 Å². The molecule has 0 unspecified atom stereocenters. The summed E-state index contributed by atoms with van der Waals surface area (Å²) in [6.45, 7) is 0.629. The molecular weight excluding hydrogens is 396 g/mol. The Bertz CT molecular complexity index is 1120. The number of H-pyrrole nitrogens is 1. The van der Waals surface area contributed by atoms with Gasteiger partial charge in [0.2, 0.25) is 6.41 Å². The molecule has 7 heteroatoms. The molecule has 1 amide bonds. The van der Waals surface area contributed by atoms with Crippen molar-refractivity contribution < 1.29 is 23.8 Å². The predicted molar refractivity (Wildman–Crippen MR) is 117 cm³/mol. The molecule has 3 aromatic rings. The standard InChI is InChI=1S/C24H26N2O5/c1-29-17-5-6-21-18(11-17)16(13-25-21)4-7-22-19-12-20(24(28)31-3)23(30-2)10-15(19)8-9-26(22)14-27/h5-6,10-14,22,25H,4,7-9H2,1-3H3/t22-/m0/s1. The fourth-order valence-electron chi connectivity index (χ4n) is 4.42. The Morgan fingerprint density at radius 1 is 1.19 bits per heavy atom. The maximum absolute atomic E-state index is 12.3. The topological polar surface area (TPSA) is 80.9 Å². The van der Waals surface area contributed by atoms with Crippen molar-refractivity contribution in [3.05, 3.63) is 58.8 Å². The molecule has 31 heavy (non-hydrogen) atoms. The summed E-state index contributed by atoms with van der Waals surface area (Å²) in [4.78, 5) is 29.2. The number of aryl methyl sites for hydroxylation is 1. The number of fused-ring (bicyclic) bond motifs is 2. The lowest BCUT2D eigenvalue weighted by Gasteiger charge is -2.35. The van der Waals surface area contributed by atoms with Crippen molar-refractivity contribution in [3.8, 4) is 11.5 Å². The number of nitrogens with one attached hydrogen (secondary N) is 1. The van der Waals surface area contributed by atoms with E-state index >= 15 is 0 Å². The maximum Gasteiger partial charge on any atom is 0.341 e. The van der Waals surface area contributed by atoms with Crippen LogP contribution in [0.2, 0.25) is 0 Å². The minimum atomic E-state index is -0.453. The Kier molecular flexibility index (Phi) is 5.84. The van der Waals surface area contributed by atoms with Crippen molar-refractivity contribution in [1.29, 1.82) is 0 Å². The third-order valence-electron chi connectivity index (χ3n) is 6.06. The summed E-state index contributed by atoms with van der Waals surface area (Å²) in [6, 6.07) is 9.53. The van der Waals surface area contributed by atoms with Crippen molar-refractivity contribution in [2.75, 3.05) is 27.9 Å². The van der Waals surface area contributed by atoms with Gasteiger partial charge >= 0.3 is 5.97 Å². The lowest BCUT2D eigenvalue weighted by molar-refractivity contribution is -0.120. The molecule has 2 aromatic carbocycles. The van der Waals surface area contributed by atoms with Crippen LogP contribution in [0.4, 0.5) is 0 Å². The molecule has 162 valence electrons. The van der Waals surface area contributed by atoms with Crippen LogP contribution in [0.5, 0.6) is 11.5 Å². The zero-order valence-electron chi connectivity index (χ0n) is 17.9. The Morgan fingerprint density at radius 2 is 2.03 bits per heavy atom. The number of nitrogens with zero attached hydrogens (tertiary/aromatic N) is 1. The number of methoxy groups -OCH3 is 3. The van der Waals surface area contributed by atoms with E-state index in [9.17, 15) is 9.59 Å². The number of hydrogen-bond acceptors (Lipinski definition) is 5. The smallest absolute Gasteiger partial charge is 0.341 e. The maximum atomic E-state index is 12.3. The summed E-state index contributed by atoms with van der Waals surface area (Å²) in [5.74, 6) is 0.846. The van der Waals surface area contributed by atoms with Crippen LogP contribution < -0.4 is 9.47 Å².